The van der Waals surface area contributed by atoms with Gasteiger partial charge in [-0.25, -0.2) is 0 Å². The smallest absolute Gasteiger partial charge is 0.0840 e. The lowest BCUT2D eigenvalue weighted by Gasteiger charge is -2.21. The number of rotatable bonds is 5. The second kappa shape index (κ2) is 6.47. The van der Waals surface area contributed by atoms with Crippen LogP contribution < -0.4 is 0 Å². The molecule has 1 fully saturated rings. The zero-order valence-corrected chi connectivity index (χ0v) is 8.22. The minimum Gasteiger partial charge on any atom is -0.372 e. The van der Waals surface area contributed by atoms with E-state index in [1.165, 1.54) is 44.9 Å². The van der Waals surface area contributed by atoms with Crippen LogP contribution >= 0.6 is 0 Å². The lowest BCUT2D eigenvalue weighted by molar-refractivity contribution is 0.0688. The molecule has 1 radical (unpaired) electrons. The Morgan fingerprint density at radius 1 is 1.25 bits per heavy atom. The molecule has 1 aliphatic carbocycles. The van der Waals surface area contributed by atoms with Gasteiger partial charge in [-0.05, 0) is 19.3 Å². The third-order valence-electron chi connectivity index (χ3n) is 2.52. The Kier molecular flexibility index (Phi) is 5.42. The van der Waals surface area contributed by atoms with Crippen molar-refractivity contribution in [2.75, 3.05) is 0 Å². The van der Waals surface area contributed by atoms with E-state index in [1.54, 1.807) is 0 Å². The first-order chi connectivity index (χ1) is 5.93. The minimum absolute atomic E-state index is 0.551. The Morgan fingerprint density at radius 3 is 2.67 bits per heavy atom. The molecule has 0 unspecified atom stereocenters. The summed E-state index contributed by atoms with van der Waals surface area (Å²) in [6.07, 6.45) is 10.9. The topological polar surface area (TPSA) is 9.23 Å². The van der Waals surface area contributed by atoms with Crippen LogP contribution in [0.2, 0.25) is 0 Å². The highest BCUT2D eigenvalue weighted by Crippen LogP contribution is 2.21. The first-order valence-corrected chi connectivity index (χ1v) is 5.40. The molecule has 0 saturated heterocycles. The normalized spacial score (nSPS) is 19.8. The molecule has 1 aliphatic rings. The van der Waals surface area contributed by atoms with Gasteiger partial charge in [0.15, 0.2) is 0 Å². The molecule has 1 nitrogen and oxygen atoms in total. The lowest BCUT2D eigenvalue weighted by Crippen LogP contribution is -2.15. The van der Waals surface area contributed by atoms with E-state index in [9.17, 15) is 0 Å². The average molecular weight is 169 g/mol. The molecular formula is C11H21O. The molecular weight excluding hydrogens is 148 g/mol. The van der Waals surface area contributed by atoms with Crippen molar-refractivity contribution in [1.29, 1.82) is 0 Å². The predicted octanol–water partition coefficient (Wildman–Crippen LogP) is 3.69. The van der Waals surface area contributed by atoms with E-state index in [1.807, 2.05) is 6.61 Å². The van der Waals surface area contributed by atoms with Gasteiger partial charge in [-0.1, -0.05) is 39.0 Å². The van der Waals surface area contributed by atoms with Crippen LogP contribution in [0.4, 0.5) is 0 Å². The van der Waals surface area contributed by atoms with Crippen LogP contribution in [0.15, 0.2) is 0 Å². The van der Waals surface area contributed by atoms with Crippen molar-refractivity contribution < 1.29 is 4.74 Å². The second-order valence-corrected chi connectivity index (χ2v) is 3.70. The Labute approximate surface area is 76.5 Å². The van der Waals surface area contributed by atoms with Crippen LogP contribution in [0, 0.1) is 6.61 Å². The Bertz CT molecular complexity index is 95.2. The van der Waals surface area contributed by atoms with E-state index in [-0.39, 0.29) is 0 Å². The van der Waals surface area contributed by atoms with Crippen LogP contribution in [-0.2, 0) is 4.74 Å². The second-order valence-electron chi connectivity index (χ2n) is 3.70. The summed E-state index contributed by atoms with van der Waals surface area (Å²) in [4.78, 5) is 0. The third kappa shape index (κ3) is 4.10. The molecule has 1 saturated carbocycles. The van der Waals surface area contributed by atoms with Crippen LogP contribution in [0.5, 0.6) is 0 Å². The van der Waals surface area contributed by atoms with Gasteiger partial charge in [0.25, 0.3) is 0 Å². The van der Waals surface area contributed by atoms with Crippen LogP contribution in [-0.4, -0.2) is 6.10 Å². The summed E-state index contributed by atoms with van der Waals surface area (Å²) in [5.74, 6) is 0. The average Bonchev–Trinajstić information content (AvgIpc) is 2.14. The fourth-order valence-electron chi connectivity index (χ4n) is 1.69. The fraction of sp³-hybridized carbons (Fsp3) is 0.909. The van der Waals surface area contributed by atoms with Crippen LogP contribution in [0.1, 0.15) is 58.3 Å². The maximum Gasteiger partial charge on any atom is 0.0840 e. The molecule has 0 aromatic carbocycles. The Balaban J connectivity index is 1.91. The number of hydrogen-bond donors (Lipinski definition) is 0. The number of ether oxygens (including phenoxy) is 1. The largest absolute Gasteiger partial charge is 0.372 e. The van der Waals surface area contributed by atoms with Gasteiger partial charge in [-0.2, -0.15) is 0 Å². The highest BCUT2D eigenvalue weighted by atomic mass is 16.5. The van der Waals surface area contributed by atoms with Gasteiger partial charge in [0.05, 0.1) is 12.7 Å². The Hall–Kier alpha value is -0.0400. The van der Waals surface area contributed by atoms with E-state index in [2.05, 4.69) is 6.92 Å². The van der Waals surface area contributed by atoms with Crippen molar-refractivity contribution in [2.45, 2.75) is 64.4 Å². The molecule has 0 heterocycles. The first kappa shape index (κ1) is 10.0. The van der Waals surface area contributed by atoms with Gasteiger partial charge in [-0.15, -0.1) is 0 Å². The van der Waals surface area contributed by atoms with E-state index in [0.29, 0.717) is 6.10 Å². The molecule has 71 valence electrons. The summed E-state index contributed by atoms with van der Waals surface area (Å²) < 4.78 is 5.66. The molecule has 0 spiro atoms. The van der Waals surface area contributed by atoms with E-state index >= 15 is 0 Å². The molecule has 0 aromatic rings. The molecule has 0 N–H and O–H groups in total. The van der Waals surface area contributed by atoms with Crippen molar-refractivity contribution in [2.24, 2.45) is 0 Å². The van der Waals surface area contributed by atoms with Gasteiger partial charge >= 0.3 is 0 Å². The zero-order chi connectivity index (χ0) is 8.65. The quantitative estimate of drug-likeness (QED) is 0.570. The maximum atomic E-state index is 5.66. The molecule has 0 aliphatic heterocycles. The van der Waals surface area contributed by atoms with Crippen molar-refractivity contribution in [3.05, 3.63) is 6.61 Å². The molecule has 0 atom stereocenters. The SMILES string of the molecule is CCCC[CH]OC1CCCCC1. The highest BCUT2D eigenvalue weighted by Gasteiger charge is 2.12. The monoisotopic (exact) mass is 169 g/mol. The predicted molar refractivity (Wildman–Crippen MR) is 51.8 cm³/mol. The fourth-order valence-corrected chi connectivity index (χ4v) is 1.69. The summed E-state index contributed by atoms with van der Waals surface area (Å²) in [6.45, 7) is 4.24. The summed E-state index contributed by atoms with van der Waals surface area (Å²) in [6, 6.07) is 0. The van der Waals surface area contributed by atoms with E-state index < -0.39 is 0 Å². The van der Waals surface area contributed by atoms with Gasteiger partial charge < -0.3 is 4.74 Å². The van der Waals surface area contributed by atoms with Gasteiger partial charge in [-0.3, -0.25) is 0 Å². The Morgan fingerprint density at radius 2 is 2.00 bits per heavy atom. The van der Waals surface area contributed by atoms with E-state index in [4.69, 9.17) is 4.74 Å². The summed E-state index contributed by atoms with van der Waals surface area (Å²) in [7, 11) is 0. The number of hydrogen-bond acceptors (Lipinski definition) is 1. The van der Waals surface area contributed by atoms with Crippen LogP contribution in [0.3, 0.4) is 0 Å². The molecule has 0 aromatic heterocycles. The van der Waals surface area contributed by atoms with Gasteiger partial charge in [0, 0.05) is 0 Å². The standard InChI is InChI=1S/C11H21O/c1-2-3-7-10-12-11-8-5-4-6-9-11/h10-11H,2-9H2,1H3. The summed E-state index contributed by atoms with van der Waals surface area (Å²) in [5, 5.41) is 0. The van der Waals surface area contributed by atoms with E-state index in [0.717, 1.165) is 6.42 Å². The zero-order valence-electron chi connectivity index (χ0n) is 8.22. The summed E-state index contributed by atoms with van der Waals surface area (Å²) >= 11 is 0. The highest BCUT2D eigenvalue weighted by molar-refractivity contribution is 4.67. The first-order valence-electron chi connectivity index (χ1n) is 5.40. The summed E-state index contributed by atoms with van der Waals surface area (Å²) in [5.41, 5.74) is 0. The number of unbranched alkanes of at least 4 members (excludes halogenated alkanes) is 2. The van der Waals surface area contributed by atoms with Crippen LogP contribution in [0.25, 0.3) is 0 Å². The molecule has 1 heteroatoms. The van der Waals surface area contributed by atoms with Crippen molar-refractivity contribution in [1.82, 2.24) is 0 Å². The molecule has 12 heavy (non-hydrogen) atoms. The molecule has 1 rings (SSSR count). The van der Waals surface area contributed by atoms with Gasteiger partial charge in [0.1, 0.15) is 0 Å². The third-order valence-corrected chi connectivity index (χ3v) is 2.52. The van der Waals surface area contributed by atoms with Crippen molar-refractivity contribution in [3.63, 3.8) is 0 Å². The molecule has 0 amide bonds. The minimum atomic E-state index is 0.551. The van der Waals surface area contributed by atoms with Gasteiger partial charge in [0.2, 0.25) is 0 Å². The molecule has 0 bridgehead atoms. The van der Waals surface area contributed by atoms with Crippen molar-refractivity contribution >= 4 is 0 Å². The maximum absolute atomic E-state index is 5.66. The van der Waals surface area contributed by atoms with Crippen molar-refractivity contribution in [3.8, 4) is 0 Å². The lowest BCUT2D eigenvalue weighted by atomic mass is 9.98.